The highest BCUT2D eigenvalue weighted by atomic mass is 16.3. The van der Waals surface area contributed by atoms with E-state index in [1.54, 1.807) is 4.90 Å². The summed E-state index contributed by atoms with van der Waals surface area (Å²) in [5.74, 6) is -0.0576. The van der Waals surface area contributed by atoms with Crippen LogP contribution in [0.25, 0.3) is 0 Å². The molecule has 0 radical (unpaired) electrons. The van der Waals surface area contributed by atoms with E-state index >= 15 is 0 Å². The summed E-state index contributed by atoms with van der Waals surface area (Å²) in [7, 11) is 0. The van der Waals surface area contributed by atoms with Crippen molar-refractivity contribution >= 4 is 5.91 Å². The predicted octanol–water partition coefficient (Wildman–Crippen LogP) is -0.437. The van der Waals surface area contributed by atoms with Crippen LogP contribution in [-0.2, 0) is 4.79 Å². The third-order valence-electron chi connectivity index (χ3n) is 2.37. The molecule has 0 spiro atoms. The largest absolute Gasteiger partial charge is 0.389 e. The molecule has 0 aliphatic carbocycles. The van der Waals surface area contributed by atoms with E-state index in [0.29, 0.717) is 13.1 Å². The highest BCUT2D eigenvalue weighted by molar-refractivity contribution is 5.83. The van der Waals surface area contributed by atoms with Gasteiger partial charge < -0.3 is 15.7 Å². The molecule has 13 heavy (non-hydrogen) atoms. The summed E-state index contributed by atoms with van der Waals surface area (Å²) in [5, 5.41) is 9.02. The second-order valence-corrected chi connectivity index (χ2v) is 4.74. The van der Waals surface area contributed by atoms with E-state index in [-0.39, 0.29) is 17.4 Å². The number of carbonyl (C=O) groups is 1. The first-order valence-corrected chi connectivity index (χ1v) is 4.55. The van der Waals surface area contributed by atoms with Crippen LogP contribution < -0.4 is 5.73 Å². The maximum absolute atomic E-state index is 11.6. The second kappa shape index (κ2) is 3.27. The van der Waals surface area contributed by atoms with Gasteiger partial charge in [-0.05, 0) is 5.41 Å². The highest BCUT2D eigenvalue weighted by Gasteiger charge is 2.36. The first kappa shape index (κ1) is 10.5. The molecule has 0 saturated carbocycles. The van der Waals surface area contributed by atoms with Crippen molar-refractivity contribution in [3.8, 4) is 0 Å². The number of aliphatic hydroxyl groups excluding tert-OH is 1. The quantitative estimate of drug-likeness (QED) is 0.583. The minimum Gasteiger partial charge on any atom is -0.389 e. The average molecular weight is 186 g/mol. The number of likely N-dealkylation sites (tertiary alicyclic amines) is 1. The molecule has 1 rings (SSSR count). The smallest absolute Gasteiger partial charge is 0.240 e. The van der Waals surface area contributed by atoms with Gasteiger partial charge in [-0.1, -0.05) is 20.8 Å². The van der Waals surface area contributed by atoms with Gasteiger partial charge in [0.25, 0.3) is 0 Å². The molecule has 1 unspecified atom stereocenters. The number of hydrogen-bond acceptors (Lipinski definition) is 3. The molecule has 1 amide bonds. The van der Waals surface area contributed by atoms with Crippen LogP contribution in [-0.4, -0.2) is 41.1 Å². The van der Waals surface area contributed by atoms with Crippen LogP contribution in [0.2, 0.25) is 0 Å². The number of carbonyl (C=O) groups excluding carboxylic acids is 1. The van der Waals surface area contributed by atoms with Crippen molar-refractivity contribution in [2.45, 2.75) is 32.9 Å². The van der Waals surface area contributed by atoms with E-state index in [1.165, 1.54) is 0 Å². The van der Waals surface area contributed by atoms with Crippen LogP contribution in [0.4, 0.5) is 0 Å². The normalized spacial score (nSPS) is 21.2. The number of aliphatic hydroxyl groups is 1. The van der Waals surface area contributed by atoms with E-state index in [1.807, 2.05) is 20.8 Å². The molecule has 4 nitrogen and oxygen atoms in total. The Morgan fingerprint density at radius 3 is 2.31 bits per heavy atom. The molecule has 0 bridgehead atoms. The zero-order valence-corrected chi connectivity index (χ0v) is 8.45. The van der Waals surface area contributed by atoms with Crippen molar-refractivity contribution < 1.29 is 9.90 Å². The topological polar surface area (TPSA) is 66.6 Å². The number of β-amino-alcohol motifs (C(OH)–C–C–N with tert-alkyl or cyclic N) is 1. The summed E-state index contributed by atoms with van der Waals surface area (Å²) in [5.41, 5.74) is 5.57. The minimum absolute atomic E-state index is 0.0576. The van der Waals surface area contributed by atoms with Crippen LogP contribution in [0.15, 0.2) is 0 Å². The summed E-state index contributed by atoms with van der Waals surface area (Å²) in [6, 6.07) is -0.472. The van der Waals surface area contributed by atoms with Crippen LogP contribution in [0.1, 0.15) is 20.8 Å². The lowest BCUT2D eigenvalue weighted by Crippen LogP contribution is -2.60. The molecule has 1 saturated heterocycles. The fourth-order valence-electron chi connectivity index (χ4n) is 1.20. The van der Waals surface area contributed by atoms with Crippen LogP contribution in [0, 0.1) is 5.41 Å². The van der Waals surface area contributed by atoms with Crippen molar-refractivity contribution in [3.05, 3.63) is 0 Å². The van der Waals surface area contributed by atoms with Crippen molar-refractivity contribution in [1.82, 2.24) is 4.90 Å². The molecular weight excluding hydrogens is 168 g/mol. The second-order valence-electron chi connectivity index (χ2n) is 4.74. The Hall–Kier alpha value is -0.610. The number of nitrogens with two attached hydrogens (primary N) is 1. The molecule has 1 aliphatic heterocycles. The predicted molar refractivity (Wildman–Crippen MR) is 50.0 cm³/mol. The van der Waals surface area contributed by atoms with E-state index in [2.05, 4.69) is 0 Å². The van der Waals surface area contributed by atoms with Crippen molar-refractivity contribution in [2.75, 3.05) is 13.1 Å². The Bertz CT molecular complexity index is 204. The Kier molecular flexibility index (Phi) is 2.63. The Morgan fingerprint density at radius 1 is 1.54 bits per heavy atom. The van der Waals surface area contributed by atoms with Gasteiger partial charge in [0.15, 0.2) is 0 Å². The zero-order valence-electron chi connectivity index (χ0n) is 8.45. The van der Waals surface area contributed by atoms with Gasteiger partial charge in [0.2, 0.25) is 5.91 Å². The molecule has 1 atom stereocenters. The SMILES string of the molecule is CC(C)(C)C(N)C(=O)N1CC(O)C1. The van der Waals surface area contributed by atoms with E-state index in [9.17, 15) is 4.79 Å². The van der Waals surface area contributed by atoms with Crippen molar-refractivity contribution in [3.63, 3.8) is 0 Å². The van der Waals surface area contributed by atoms with Crippen LogP contribution >= 0.6 is 0 Å². The molecule has 4 heteroatoms. The first-order chi connectivity index (χ1) is 5.82. The Labute approximate surface area is 78.7 Å². The summed E-state index contributed by atoms with van der Waals surface area (Å²) < 4.78 is 0. The minimum atomic E-state index is -0.472. The Morgan fingerprint density at radius 2 is 2.00 bits per heavy atom. The number of hydrogen-bond donors (Lipinski definition) is 2. The van der Waals surface area contributed by atoms with Gasteiger partial charge in [-0.2, -0.15) is 0 Å². The molecular formula is C9H18N2O2. The molecule has 3 N–H and O–H groups in total. The molecule has 0 aromatic carbocycles. The lowest BCUT2D eigenvalue weighted by Gasteiger charge is -2.40. The monoisotopic (exact) mass is 186 g/mol. The average Bonchev–Trinajstić information content (AvgIpc) is 1.94. The summed E-state index contributed by atoms with van der Waals surface area (Å²) in [4.78, 5) is 13.2. The van der Waals surface area contributed by atoms with Gasteiger partial charge in [-0.25, -0.2) is 0 Å². The molecule has 0 aromatic heterocycles. The number of amides is 1. The fourth-order valence-corrected chi connectivity index (χ4v) is 1.20. The van der Waals surface area contributed by atoms with E-state index in [4.69, 9.17) is 10.8 Å². The molecule has 0 aromatic rings. The van der Waals surface area contributed by atoms with Crippen molar-refractivity contribution in [1.29, 1.82) is 0 Å². The van der Waals surface area contributed by atoms with Gasteiger partial charge in [-0.3, -0.25) is 4.79 Å². The summed E-state index contributed by atoms with van der Waals surface area (Å²) in [6.45, 7) is 6.68. The first-order valence-electron chi connectivity index (χ1n) is 4.55. The summed E-state index contributed by atoms with van der Waals surface area (Å²) in [6.07, 6.45) is -0.351. The highest BCUT2D eigenvalue weighted by Crippen LogP contribution is 2.21. The van der Waals surface area contributed by atoms with Crippen molar-refractivity contribution in [2.24, 2.45) is 11.1 Å². The lowest BCUT2D eigenvalue weighted by atomic mass is 9.86. The molecule has 1 aliphatic rings. The van der Waals surface area contributed by atoms with Gasteiger partial charge in [0, 0.05) is 13.1 Å². The zero-order chi connectivity index (χ0) is 10.2. The maximum atomic E-state index is 11.6. The van der Waals surface area contributed by atoms with Crippen LogP contribution in [0.5, 0.6) is 0 Å². The number of rotatable bonds is 1. The Balaban J connectivity index is 2.49. The maximum Gasteiger partial charge on any atom is 0.240 e. The fraction of sp³-hybridized carbons (Fsp3) is 0.889. The van der Waals surface area contributed by atoms with Gasteiger partial charge in [0.1, 0.15) is 0 Å². The third-order valence-corrected chi connectivity index (χ3v) is 2.37. The molecule has 1 heterocycles. The van der Waals surface area contributed by atoms with Gasteiger partial charge in [-0.15, -0.1) is 0 Å². The molecule has 76 valence electrons. The summed E-state index contributed by atoms with van der Waals surface area (Å²) >= 11 is 0. The van der Waals surface area contributed by atoms with Gasteiger partial charge in [0.05, 0.1) is 12.1 Å². The standard InChI is InChI=1S/C9H18N2O2/c1-9(2,3)7(10)8(13)11-4-6(12)5-11/h6-7,12H,4-5,10H2,1-3H3. The van der Waals surface area contributed by atoms with E-state index in [0.717, 1.165) is 0 Å². The third kappa shape index (κ3) is 2.19. The van der Waals surface area contributed by atoms with Crippen LogP contribution in [0.3, 0.4) is 0 Å². The number of nitrogens with zero attached hydrogens (tertiary/aromatic N) is 1. The lowest BCUT2D eigenvalue weighted by molar-refractivity contribution is -0.145. The van der Waals surface area contributed by atoms with Gasteiger partial charge >= 0.3 is 0 Å². The van der Waals surface area contributed by atoms with E-state index < -0.39 is 6.04 Å². The molecule has 1 fully saturated rings.